The van der Waals surface area contributed by atoms with E-state index in [1.165, 1.54) is 5.56 Å². The number of para-hydroxylation sites is 1. The van der Waals surface area contributed by atoms with Gasteiger partial charge in [0.15, 0.2) is 11.5 Å². The van der Waals surface area contributed by atoms with Gasteiger partial charge in [-0.3, -0.25) is 4.90 Å². The summed E-state index contributed by atoms with van der Waals surface area (Å²) in [6.07, 6.45) is 2.29. The number of methoxy groups -OCH3 is 1. The van der Waals surface area contributed by atoms with Crippen molar-refractivity contribution in [3.8, 4) is 23.2 Å². The molecule has 0 spiro atoms. The fourth-order valence-corrected chi connectivity index (χ4v) is 4.38. The Morgan fingerprint density at radius 1 is 0.886 bits per heavy atom. The Morgan fingerprint density at radius 2 is 1.63 bits per heavy atom. The zero-order valence-corrected chi connectivity index (χ0v) is 19.9. The Hall–Kier alpha value is -3.75. The second-order valence-corrected chi connectivity index (χ2v) is 8.71. The molecule has 4 aromatic rings. The fraction of sp³-hybridized carbons (Fsp3) is 0.296. The third-order valence-electron chi connectivity index (χ3n) is 6.30. The standard InChI is InChI=1S/C27H30N6O2/c1-34-26-18-22(19-28-23-14-16-32(17-15-23)20-21-8-4-2-5-9-21)12-13-25(26)35-27-29-30-31-33(27)24-10-6-3-7-11-24/h2-13,18,23,28H,14-17,19-20H2,1H3. The molecule has 0 saturated carbocycles. The molecule has 1 saturated heterocycles. The van der Waals surface area contributed by atoms with E-state index < -0.39 is 0 Å². The summed E-state index contributed by atoms with van der Waals surface area (Å²) >= 11 is 0. The van der Waals surface area contributed by atoms with Gasteiger partial charge in [0.05, 0.1) is 12.8 Å². The maximum atomic E-state index is 6.01. The molecule has 5 rings (SSSR count). The molecule has 0 atom stereocenters. The lowest BCUT2D eigenvalue weighted by Gasteiger charge is -2.32. The van der Waals surface area contributed by atoms with Crippen LogP contribution in [-0.4, -0.2) is 51.3 Å². The third-order valence-corrected chi connectivity index (χ3v) is 6.30. The number of rotatable bonds is 9. The topological polar surface area (TPSA) is 77.3 Å². The maximum absolute atomic E-state index is 6.01. The van der Waals surface area contributed by atoms with Crippen LogP contribution in [0, 0.1) is 0 Å². The van der Waals surface area contributed by atoms with Crippen LogP contribution in [0.2, 0.25) is 0 Å². The van der Waals surface area contributed by atoms with Crippen LogP contribution in [0.5, 0.6) is 17.5 Å². The van der Waals surface area contributed by atoms with Crippen LogP contribution in [0.25, 0.3) is 5.69 Å². The highest BCUT2D eigenvalue weighted by atomic mass is 16.5. The first-order chi connectivity index (χ1) is 17.3. The first-order valence-corrected chi connectivity index (χ1v) is 12.0. The lowest BCUT2D eigenvalue weighted by molar-refractivity contribution is 0.190. The molecule has 1 fully saturated rings. The molecular weight excluding hydrogens is 440 g/mol. The summed E-state index contributed by atoms with van der Waals surface area (Å²) in [5.41, 5.74) is 3.34. The van der Waals surface area contributed by atoms with Crippen LogP contribution in [0.4, 0.5) is 0 Å². The van der Waals surface area contributed by atoms with Crippen molar-refractivity contribution in [1.82, 2.24) is 30.4 Å². The highest BCUT2D eigenvalue weighted by Crippen LogP contribution is 2.32. The Bertz CT molecular complexity index is 1210. The van der Waals surface area contributed by atoms with Gasteiger partial charge < -0.3 is 14.8 Å². The smallest absolute Gasteiger partial charge is 0.346 e. The highest BCUT2D eigenvalue weighted by molar-refractivity contribution is 5.44. The quantitative estimate of drug-likeness (QED) is 0.392. The van der Waals surface area contributed by atoms with Crippen LogP contribution in [0.1, 0.15) is 24.0 Å². The normalized spacial score (nSPS) is 14.7. The van der Waals surface area contributed by atoms with Crippen LogP contribution < -0.4 is 14.8 Å². The Morgan fingerprint density at radius 3 is 2.37 bits per heavy atom. The van der Waals surface area contributed by atoms with Gasteiger partial charge in [-0.2, -0.15) is 4.68 Å². The minimum Gasteiger partial charge on any atom is -0.493 e. The Labute approximate surface area is 205 Å². The van der Waals surface area contributed by atoms with Crippen LogP contribution in [-0.2, 0) is 13.1 Å². The summed E-state index contributed by atoms with van der Waals surface area (Å²) in [5, 5.41) is 15.5. The van der Waals surface area contributed by atoms with Crippen molar-refractivity contribution in [2.24, 2.45) is 0 Å². The van der Waals surface area contributed by atoms with E-state index in [4.69, 9.17) is 9.47 Å². The van der Waals surface area contributed by atoms with Crippen LogP contribution >= 0.6 is 0 Å². The van der Waals surface area contributed by atoms with E-state index >= 15 is 0 Å². The molecule has 8 heteroatoms. The molecule has 1 N–H and O–H groups in total. The van der Waals surface area contributed by atoms with E-state index in [-0.39, 0.29) is 6.01 Å². The number of nitrogens with one attached hydrogen (secondary N) is 1. The predicted molar refractivity (Wildman–Crippen MR) is 134 cm³/mol. The average Bonchev–Trinajstić information content (AvgIpc) is 3.38. The van der Waals surface area contributed by atoms with Crippen molar-refractivity contribution in [3.05, 3.63) is 90.0 Å². The Balaban J connectivity index is 1.16. The van der Waals surface area contributed by atoms with Crippen molar-refractivity contribution in [3.63, 3.8) is 0 Å². The number of piperidine rings is 1. The number of aromatic nitrogens is 4. The van der Waals surface area contributed by atoms with Gasteiger partial charge in [-0.25, -0.2) is 0 Å². The number of ether oxygens (including phenoxy) is 2. The van der Waals surface area contributed by atoms with Gasteiger partial charge in [0.2, 0.25) is 0 Å². The van der Waals surface area contributed by atoms with Crippen molar-refractivity contribution >= 4 is 0 Å². The maximum Gasteiger partial charge on any atom is 0.346 e. The van der Waals surface area contributed by atoms with Crippen LogP contribution in [0.3, 0.4) is 0 Å². The lowest BCUT2D eigenvalue weighted by atomic mass is 10.0. The summed E-state index contributed by atoms with van der Waals surface area (Å²) in [7, 11) is 1.64. The second kappa shape index (κ2) is 11.1. The Kier molecular flexibility index (Phi) is 7.31. The molecule has 0 bridgehead atoms. The minimum atomic E-state index is 0.280. The summed E-state index contributed by atoms with van der Waals surface area (Å²) in [6, 6.07) is 27.1. The average molecular weight is 471 g/mol. The molecule has 0 amide bonds. The van der Waals surface area contributed by atoms with Gasteiger partial charge in [-0.1, -0.05) is 59.7 Å². The van der Waals surface area contributed by atoms with Crippen molar-refractivity contribution < 1.29 is 9.47 Å². The summed E-state index contributed by atoms with van der Waals surface area (Å²) in [4.78, 5) is 2.53. The molecule has 8 nitrogen and oxygen atoms in total. The zero-order chi connectivity index (χ0) is 23.9. The van der Waals surface area contributed by atoms with Gasteiger partial charge in [0.1, 0.15) is 0 Å². The third kappa shape index (κ3) is 5.85. The van der Waals surface area contributed by atoms with Crippen molar-refractivity contribution in [1.29, 1.82) is 0 Å². The number of hydrogen-bond acceptors (Lipinski definition) is 7. The number of nitrogens with zero attached hydrogens (tertiary/aromatic N) is 5. The van der Waals surface area contributed by atoms with Gasteiger partial charge in [0, 0.05) is 19.1 Å². The lowest BCUT2D eigenvalue weighted by Crippen LogP contribution is -2.41. The zero-order valence-electron chi connectivity index (χ0n) is 19.9. The molecular formula is C27H30N6O2. The largest absolute Gasteiger partial charge is 0.493 e. The predicted octanol–water partition coefficient (Wildman–Crippen LogP) is 4.22. The van der Waals surface area contributed by atoms with E-state index in [0.717, 1.165) is 50.3 Å². The minimum absolute atomic E-state index is 0.280. The first kappa shape index (κ1) is 23.0. The molecule has 0 radical (unpaired) electrons. The summed E-state index contributed by atoms with van der Waals surface area (Å²) < 4.78 is 13.2. The van der Waals surface area contributed by atoms with Crippen molar-refractivity contribution in [2.75, 3.05) is 20.2 Å². The summed E-state index contributed by atoms with van der Waals surface area (Å²) in [6.45, 7) is 4.03. The fourth-order valence-electron chi connectivity index (χ4n) is 4.38. The number of hydrogen-bond donors (Lipinski definition) is 1. The van der Waals surface area contributed by atoms with Gasteiger partial charge in [-0.05, 0) is 71.8 Å². The summed E-state index contributed by atoms with van der Waals surface area (Å²) in [5.74, 6) is 1.21. The van der Waals surface area contributed by atoms with Gasteiger partial charge in [0.25, 0.3) is 0 Å². The number of likely N-dealkylation sites (tertiary alicyclic amines) is 1. The van der Waals surface area contributed by atoms with E-state index in [0.29, 0.717) is 17.5 Å². The molecule has 2 heterocycles. The SMILES string of the molecule is COc1cc(CNC2CCN(Cc3ccccc3)CC2)ccc1Oc1nnnn1-c1ccccc1. The molecule has 3 aromatic carbocycles. The van der Waals surface area contributed by atoms with Gasteiger partial charge in [-0.15, -0.1) is 0 Å². The molecule has 1 aliphatic heterocycles. The highest BCUT2D eigenvalue weighted by Gasteiger charge is 2.19. The molecule has 0 aliphatic carbocycles. The number of tetrazole rings is 1. The van der Waals surface area contributed by atoms with E-state index in [2.05, 4.69) is 56.1 Å². The van der Waals surface area contributed by atoms with E-state index in [1.807, 2.05) is 48.5 Å². The molecule has 35 heavy (non-hydrogen) atoms. The molecule has 180 valence electrons. The van der Waals surface area contributed by atoms with Crippen molar-refractivity contribution in [2.45, 2.75) is 32.0 Å². The monoisotopic (exact) mass is 470 g/mol. The van der Waals surface area contributed by atoms with Crippen LogP contribution in [0.15, 0.2) is 78.9 Å². The van der Waals surface area contributed by atoms with E-state index in [1.54, 1.807) is 11.8 Å². The second-order valence-electron chi connectivity index (χ2n) is 8.71. The molecule has 0 unspecified atom stereocenters. The number of benzene rings is 3. The first-order valence-electron chi connectivity index (χ1n) is 12.0. The molecule has 1 aromatic heterocycles. The molecule has 1 aliphatic rings. The van der Waals surface area contributed by atoms with Gasteiger partial charge >= 0.3 is 6.01 Å². The van der Waals surface area contributed by atoms with E-state index in [9.17, 15) is 0 Å².